The van der Waals surface area contributed by atoms with Gasteiger partial charge in [-0.2, -0.15) is 5.26 Å². The molecule has 6 nitrogen and oxygen atoms in total. The lowest BCUT2D eigenvalue weighted by Crippen LogP contribution is -2.50. The Balaban J connectivity index is 1.77. The number of carbonyl (C=O) groups excluding carboxylic acids is 1. The number of aromatic nitrogens is 1. The highest BCUT2D eigenvalue weighted by Gasteiger charge is 2.27. The number of rotatable bonds is 1. The van der Waals surface area contributed by atoms with Gasteiger partial charge in [0, 0.05) is 37.8 Å². The van der Waals surface area contributed by atoms with E-state index >= 15 is 0 Å². The largest absolute Gasteiger partial charge is 0.444 e. The first-order chi connectivity index (χ1) is 11.4. The summed E-state index contributed by atoms with van der Waals surface area (Å²) in [6.45, 7) is 8.11. The summed E-state index contributed by atoms with van der Waals surface area (Å²) in [5.74, 6) is 0. The highest BCUT2D eigenvalue weighted by atomic mass is 16.6. The van der Waals surface area contributed by atoms with Crippen molar-refractivity contribution in [2.75, 3.05) is 31.1 Å². The van der Waals surface area contributed by atoms with Crippen LogP contribution in [0.1, 0.15) is 26.3 Å². The number of aromatic amines is 1. The molecule has 2 aromatic rings. The second-order valence-electron chi connectivity index (χ2n) is 6.97. The zero-order valence-electron chi connectivity index (χ0n) is 14.3. The van der Waals surface area contributed by atoms with Gasteiger partial charge in [-0.15, -0.1) is 0 Å². The maximum Gasteiger partial charge on any atom is 0.410 e. The Labute approximate surface area is 141 Å². The molecule has 0 saturated carbocycles. The van der Waals surface area contributed by atoms with Crippen molar-refractivity contribution in [3.63, 3.8) is 0 Å². The first kappa shape index (κ1) is 16.2. The van der Waals surface area contributed by atoms with E-state index in [0.717, 1.165) is 16.6 Å². The molecule has 0 bridgehead atoms. The van der Waals surface area contributed by atoms with Crippen molar-refractivity contribution in [3.8, 4) is 6.07 Å². The molecule has 6 heteroatoms. The molecule has 1 aromatic carbocycles. The third-order valence-corrected chi connectivity index (χ3v) is 4.07. The van der Waals surface area contributed by atoms with E-state index in [1.807, 2.05) is 45.2 Å². The van der Waals surface area contributed by atoms with E-state index in [9.17, 15) is 10.1 Å². The quantitative estimate of drug-likeness (QED) is 0.874. The van der Waals surface area contributed by atoms with Crippen LogP contribution in [0.25, 0.3) is 10.9 Å². The van der Waals surface area contributed by atoms with Crippen molar-refractivity contribution >= 4 is 22.7 Å². The Hall–Kier alpha value is -2.68. The molecule has 0 radical (unpaired) electrons. The molecule has 1 aliphatic rings. The van der Waals surface area contributed by atoms with Crippen LogP contribution < -0.4 is 4.90 Å². The number of nitriles is 1. The van der Waals surface area contributed by atoms with E-state index in [2.05, 4.69) is 16.0 Å². The number of hydrogen-bond acceptors (Lipinski definition) is 4. The fraction of sp³-hybridized carbons (Fsp3) is 0.444. The van der Waals surface area contributed by atoms with Gasteiger partial charge in [-0.3, -0.25) is 0 Å². The van der Waals surface area contributed by atoms with Crippen molar-refractivity contribution in [3.05, 3.63) is 30.0 Å². The van der Waals surface area contributed by atoms with Crippen LogP contribution in [0.4, 0.5) is 10.5 Å². The smallest absolute Gasteiger partial charge is 0.410 e. The fourth-order valence-corrected chi connectivity index (χ4v) is 2.97. The van der Waals surface area contributed by atoms with Crippen LogP contribution in [0, 0.1) is 11.3 Å². The standard InChI is InChI=1S/C18H22N4O2/c1-18(2,3)24-17(23)22-10-8-21(9-11-22)16-14(12-19)5-4-13-6-7-20-15(13)16/h4-7,20H,8-11H2,1-3H3. The van der Waals surface area contributed by atoms with Crippen LogP contribution in [0.2, 0.25) is 0 Å². The Morgan fingerprint density at radius 1 is 1.21 bits per heavy atom. The van der Waals surface area contributed by atoms with Crippen molar-refractivity contribution < 1.29 is 9.53 Å². The number of carbonyl (C=O) groups is 1. The number of hydrogen-bond donors (Lipinski definition) is 1. The average Bonchev–Trinajstić information content (AvgIpc) is 3.01. The van der Waals surface area contributed by atoms with Crippen molar-refractivity contribution in [1.82, 2.24) is 9.88 Å². The molecule has 1 N–H and O–H groups in total. The third kappa shape index (κ3) is 3.16. The molecule has 1 saturated heterocycles. The number of benzene rings is 1. The van der Waals surface area contributed by atoms with E-state index in [1.54, 1.807) is 4.90 Å². The molecule has 1 amide bonds. The van der Waals surface area contributed by atoms with Gasteiger partial charge in [0.05, 0.1) is 16.8 Å². The number of ether oxygens (including phenoxy) is 1. The summed E-state index contributed by atoms with van der Waals surface area (Å²) in [6.07, 6.45) is 1.60. The van der Waals surface area contributed by atoms with Crippen LogP contribution in [-0.4, -0.2) is 47.8 Å². The van der Waals surface area contributed by atoms with Gasteiger partial charge in [0.25, 0.3) is 0 Å². The number of nitrogens with zero attached hydrogens (tertiary/aromatic N) is 3. The summed E-state index contributed by atoms with van der Waals surface area (Å²) in [4.78, 5) is 19.3. The van der Waals surface area contributed by atoms with Gasteiger partial charge in [0.2, 0.25) is 0 Å². The predicted molar refractivity (Wildman–Crippen MR) is 93.0 cm³/mol. The highest BCUT2D eigenvalue weighted by molar-refractivity contribution is 5.94. The maximum absolute atomic E-state index is 12.2. The zero-order valence-corrected chi connectivity index (χ0v) is 14.3. The molecule has 3 rings (SSSR count). The molecule has 1 fully saturated rings. The minimum atomic E-state index is -0.488. The lowest BCUT2D eigenvalue weighted by Gasteiger charge is -2.37. The predicted octanol–water partition coefficient (Wildman–Crippen LogP) is 3.10. The topological polar surface area (TPSA) is 72.4 Å². The van der Waals surface area contributed by atoms with Gasteiger partial charge in [0.1, 0.15) is 11.7 Å². The van der Waals surface area contributed by atoms with Gasteiger partial charge in [-0.1, -0.05) is 6.07 Å². The minimum absolute atomic E-state index is 0.277. The summed E-state index contributed by atoms with van der Waals surface area (Å²) < 4.78 is 5.43. The number of anilines is 1. The fourth-order valence-electron chi connectivity index (χ4n) is 2.97. The SMILES string of the molecule is CC(C)(C)OC(=O)N1CCN(c2c(C#N)ccc3cc[nH]c23)CC1. The van der Waals surface area contributed by atoms with E-state index in [4.69, 9.17) is 4.74 Å². The summed E-state index contributed by atoms with van der Waals surface area (Å²) in [5.41, 5.74) is 2.05. The molecule has 0 atom stereocenters. The molecular formula is C18H22N4O2. The van der Waals surface area contributed by atoms with Gasteiger partial charge >= 0.3 is 6.09 Å². The molecule has 126 valence electrons. The van der Waals surface area contributed by atoms with Gasteiger partial charge < -0.3 is 19.5 Å². The van der Waals surface area contributed by atoms with Crippen LogP contribution in [0.15, 0.2) is 24.4 Å². The van der Waals surface area contributed by atoms with Crippen LogP contribution in [0.5, 0.6) is 0 Å². The van der Waals surface area contributed by atoms with E-state index in [-0.39, 0.29) is 6.09 Å². The first-order valence-electron chi connectivity index (χ1n) is 8.12. The van der Waals surface area contributed by atoms with Crippen LogP contribution >= 0.6 is 0 Å². The first-order valence-corrected chi connectivity index (χ1v) is 8.12. The summed E-state index contributed by atoms with van der Waals surface area (Å²) in [6, 6.07) is 8.07. The Morgan fingerprint density at radius 3 is 2.54 bits per heavy atom. The second kappa shape index (κ2) is 6.08. The monoisotopic (exact) mass is 326 g/mol. The minimum Gasteiger partial charge on any atom is -0.444 e. The van der Waals surface area contributed by atoms with E-state index < -0.39 is 5.60 Å². The normalized spacial score (nSPS) is 15.4. The molecule has 0 unspecified atom stereocenters. The zero-order chi connectivity index (χ0) is 17.3. The molecule has 24 heavy (non-hydrogen) atoms. The lowest BCUT2D eigenvalue weighted by atomic mass is 10.1. The molecular weight excluding hydrogens is 304 g/mol. The number of H-pyrrole nitrogens is 1. The lowest BCUT2D eigenvalue weighted by molar-refractivity contribution is 0.0240. The third-order valence-electron chi connectivity index (χ3n) is 4.07. The van der Waals surface area contributed by atoms with Crippen LogP contribution in [0.3, 0.4) is 0 Å². The maximum atomic E-state index is 12.2. The molecule has 1 aromatic heterocycles. The average molecular weight is 326 g/mol. The van der Waals surface area contributed by atoms with Gasteiger partial charge in [-0.25, -0.2) is 4.79 Å². The Morgan fingerprint density at radius 2 is 1.92 bits per heavy atom. The molecule has 0 aliphatic carbocycles. The van der Waals surface area contributed by atoms with Gasteiger partial charge in [0.15, 0.2) is 0 Å². The number of amides is 1. The van der Waals surface area contributed by atoms with E-state index in [0.29, 0.717) is 31.7 Å². The summed E-state index contributed by atoms with van der Waals surface area (Å²) in [5, 5.41) is 10.5. The second-order valence-corrected chi connectivity index (χ2v) is 6.97. The molecule has 1 aliphatic heterocycles. The molecule has 0 spiro atoms. The van der Waals surface area contributed by atoms with Crippen molar-refractivity contribution in [1.29, 1.82) is 5.26 Å². The van der Waals surface area contributed by atoms with Crippen molar-refractivity contribution in [2.24, 2.45) is 0 Å². The summed E-state index contributed by atoms with van der Waals surface area (Å²) in [7, 11) is 0. The van der Waals surface area contributed by atoms with Gasteiger partial charge in [-0.05, 0) is 32.9 Å². The Bertz CT molecular complexity index is 789. The number of fused-ring (bicyclic) bond motifs is 1. The summed E-state index contributed by atoms with van der Waals surface area (Å²) >= 11 is 0. The number of piperazine rings is 1. The Kier molecular flexibility index (Phi) is 4.10. The highest BCUT2D eigenvalue weighted by Crippen LogP contribution is 2.30. The van der Waals surface area contributed by atoms with Crippen molar-refractivity contribution in [2.45, 2.75) is 26.4 Å². The van der Waals surface area contributed by atoms with Crippen LogP contribution in [-0.2, 0) is 4.74 Å². The molecule has 2 heterocycles. The number of nitrogens with one attached hydrogen (secondary N) is 1. The van der Waals surface area contributed by atoms with E-state index in [1.165, 1.54) is 0 Å².